The van der Waals surface area contributed by atoms with Crippen LogP contribution in [-0.4, -0.2) is 30.7 Å². The van der Waals surface area contributed by atoms with Crippen LogP contribution in [0.1, 0.15) is 32.0 Å². The molecule has 0 fully saturated rings. The van der Waals surface area contributed by atoms with Crippen LogP contribution in [0.5, 0.6) is 0 Å². The molecule has 0 amide bonds. The zero-order valence-electron chi connectivity index (χ0n) is 12.9. The highest BCUT2D eigenvalue weighted by Gasteiger charge is 2.23. The number of halogens is 1. The molecule has 118 valence electrons. The van der Waals surface area contributed by atoms with Crippen molar-refractivity contribution in [1.82, 2.24) is 24.5 Å². The summed E-state index contributed by atoms with van der Waals surface area (Å²) in [6.07, 6.45) is 3.10. The van der Waals surface area contributed by atoms with Crippen LogP contribution in [0, 0.1) is 3.57 Å². The van der Waals surface area contributed by atoms with Crippen LogP contribution in [0.15, 0.2) is 40.5 Å². The second-order valence-corrected chi connectivity index (χ2v) is 7.22. The van der Waals surface area contributed by atoms with E-state index in [1.807, 2.05) is 45.0 Å². The molecule has 0 saturated carbocycles. The Morgan fingerprint density at radius 2 is 2.00 bits per heavy atom. The molecule has 0 aliphatic rings. The van der Waals surface area contributed by atoms with Gasteiger partial charge >= 0.3 is 0 Å². The van der Waals surface area contributed by atoms with Gasteiger partial charge in [0.15, 0.2) is 0 Å². The molecule has 3 rings (SSSR count). The number of benzene rings is 1. The Balaban J connectivity index is 2.21. The smallest absolute Gasteiger partial charge is 0.265 e. The fraction of sp³-hybridized carbons (Fsp3) is 0.267. The van der Waals surface area contributed by atoms with Gasteiger partial charge in [-0.3, -0.25) is 4.79 Å². The highest BCUT2D eigenvalue weighted by atomic mass is 127. The summed E-state index contributed by atoms with van der Waals surface area (Å²) in [7, 11) is 0. The third-order valence-corrected chi connectivity index (χ3v) is 4.22. The summed E-state index contributed by atoms with van der Waals surface area (Å²) in [4.78, 5) is 12.7. The summed E-state index contributed by atoms with van der Waals surface area (Å²) in [5.74, 6) is 0.283. The molecular weight excluding hydrogens is 407 g/mol. The number of hydrogen-bond acceptors (Lipinski definition) is 5. The lowest BCUT2D eigenvalue weighted by Gasteiger charge is -2.16. The van der Waals surface area contributed by atoms with Crippen LogP contribution in [0.2, 0.25) is 0 Å². The van der Waals surface area contributed by atoms with E-state index in [9.17, 15) is 4.79 Å². The van der Waals surface area contributed by atoms with Crippen LogP contribution in [0.25, 0.3) is 5.78 Å². The Labute approximate surface area is 146 Å². The van der Waals surface area contributed by atoms with Crippen molar-refractivity contribution >= 4 is 34.6 Å². The summed E-state index contributed by atoms with van der Waals surface area (Å²) < 4.78 is 3.75. The molecule has 2 aromatic heterocycles. The van der Waals surface area contributed by atoms with E-state index < -0.39 is 5.41 Å². The van der Waals surface area contributed by atoms with Gasteiger partial charge in [0.1, 0.15) is 12.0 Å². The first-order valence-electron chi connectivity index (χ1n) is 7.00. The van der Waals surface area contributed by atoms with Crippen molar-refractivity contribution in [3.8, 4) is 0 Å². The molecule has 3 aromatic rings. The zero-order chi connectivity index (χ0) is 16.6. The van der Waals surface area contributed by atoms with Crippen LogP contribution in [-0.2, 0) is 5.41 Å². The third-order valence-electron chi connectivity index (χ3n) is 3.23. The van der Waals surface area contributed by atoms with E-state index in [0.717, 1.165) is 9.13 Å². The maximum Gasteiger partial charge on any atom is 0.298 e. The fourth-order valence-electron chi connectivity index (χ4n) is 2.05. The van der Waals surface area contributed by atoms with E-state index in [2.05, 4.69) is 43.0 Å². The average molecular weight is 422 g/mol. The lowest BCUT2D eigenvalue weighted by atomic mass is 9.93. The summed E-state index contributed by atoms with van der Waals surface area (Å²) in [6.45, 7) is 5.79. The minimum Gasteiger partial charge on any atom is -0.265 e. The second-order valence-electron chi connectivity index (χ2n) is 6.06. The summed E-state index contributed by atoms with van der Waals surface area (Å²) >= 11 is 2.22. The quantitative estimate of drug-likeness (QED) is 0.468. The molecule has 0 aliphatic heterocycles. The van der Waals surface area contributed by atoms with Crippen LogP contribution in [0.4, 0.5) is 0 Å². The third kappa shape index (κ3) is 3.03. The first kappa shape index (κ1) is 15.8. The normalized spacial score (nSPS) is 12.3. The molecule has 7 nitrogen and oxygen atoms in total. The van der Waals surface area contributed by atoms with Crippen molar-refractivity contribution in [1.29, 1.82) is 0 Å². The van der Waals surface area contributed by atoms with Gasteiger partial charge in [-0.25, -0.2) is 0 Å². The molecule has 0 aliphatic carbocycles. The van der Waals surface area contributed by atoms with Crippen molar-refractivity contribution in [3.63, 3.8) is 0 Å². The average Bonchev–Trinajstić information content (AvgIpc) is 2.94. The Bertz CT molecular complexity index is 950. The molecule has 0 bridgehead atoms. The monoisotopic (exact) mass is 422 g/mol. The van der Waals surface area contributed by atoms with Crippen molar-refractivity contribution < 1.29 is 0 Å². The van der Waals surface area contributed by atoms with E-state index in [4.69, 9.17) is 0 Å². The fourth-order valence-corrected chi connectivity index (χ4v) is 2.58. The van der Waals surface area contributed by atoms with Gasteiger partial charge in [-0.1, -0.05) is 39.0 Å². The first-order valence-corrected chi connectivity index (χ1v) is 8.08. The standard InChI is InChI=1S/C15H15IN6O/c1-15(2,3)12-13(23)22(14-19-17-9-21(14)20-12)18-8-10-6-4-5-7-11(10)16/h4-9H,1-3H3/b18-8+. The Kier molecular flexibility index (Phi) is 4.00. The molecule has 23 heavy (non-hydrogen) atoms. The Morgan fingerprint density at radius 3 is 2.70 bits per heavy atom. The number of aromatic nitrogens is 5. The van der Waals surface area contributed by atoms with Gasteiger partial charge in [0.2, 0.25) is 0 Å². The maximum atomic E-state index is 12.7. The van der Waals surface area contributed by atoms with Crippen LogP contribution in [0.3, 0.4) is 0 Å². The molecule has 0 atom stereocenters. The molecule has 2 heterocycles. The molecule has 0 radical (unpaired) electrons. The topological polar surface area (TPSA) is 77.4 Å². The van der Waals surface area contributed by atoms with Crippen molar-refractivity contribution in [3.05, 3.63) is 55.8 Å². The largest absolute Gasteiger partial charge is 0.298 e. The molecule has 0 N–H and O–H groups in total. The number of rotatable bonds is 2. The Hall–Kier alpha value is -2.10. The Morgan fingerprint density at radius 1 is 1.26 bits per heavy atom. The first-order chi connectivity index (χ1) is 10.9. The lowest BCUT2D eigenvalue weighted by Crippen LogP contribution is -2.33. The van der Waals surface area contributed by atoms with Gasteiger partial charge in [0.05, 0.1) is 6.21 Å². The van der Waals surface area contributed by atoms with E-state index in [1.54, 1.807) is 6.21 Å². The van der Waals surface area contributed by atoms with Crippen LogP contribution >= 0.6 is 22.6 Å². The van der Waals surface area contributed by atoms with Crippen LogP contribution < -0.4 is 5.56 Å². The number of nitrogens with zero attached hydrogens (tertiary/aromatic N) is 6. The van der Waals surface area contributed by atoms with Gasteiger partial charge in [-0.15, -0.1) is 10.2 Å². The van der Waals surface area contributed by atoms with Gasteiger partial charge in [0, 0.05) is 14.5 Å². The molecule has 1 aromatic carbocycles. The van der Waals surface area contributed by atoms with Gasteiger partial charge in [-0.05, 0) is 28.7 Å². The molecule has 0 spiro atoms. The van der Waals surface area contributed by atoms with E-state index in [0.29, 0.717) is 5.69 Å². The molecule has 0 saturated heterocycles. The van der Waals surface area contributed by atoms with E-state index in [-0.39, 0.29) is 11.3 Å². The minimum atomic E-state index is -0.409. The molecular formula is C15H15IN6O. The highest BCUT2D eigenvalue weighted by Crippen LogP contribution is 2.16. The van der Waals surface area contributed by atoms with Gasteiger partial charge in [0.25, 0.3) is 11.3 Å². The van der Waals surface area contributed by atoms with E-state index >= 15 is 0 Å². The number of hydrogen-bond donors (Lipinski definition) is 0. The predicted molar refractivity (Wildman–Crippen MR) is 95.9 cm³/mol. The predicted octanol–water partition coefficient (Wildman–Crippen LogP) is 2.07. The maximum absolute atomic E-state index is 12.7. The second kappa shape index (κ2) is 5.84. The van der Waals surface area contributed by atoms with Crippen molar-refractivity contribution in [2.45, 2.75) is 26.2 Å². The summed E-state index contributed by atoms with van der Waals surface area (Å²) in [6, 6.07) is 7.78. The minimum absolute atomic E-state index is 0.283. The SMILES string of the molecule is CC(C)(C)c1nn2cnnc2n(/N=C/c2ccccc2I)c1=O. The molecule has 8 heteroatoms. The zero-order valence-corrected chi connectivity index (χ0v) is 15.1. The molecule has 0 unspecified atom stereocenters. The number of fused-ring (bicyclic) bond motifs is 1. The summed E-state index contributed by atoms with van der Waals surface area (Å²) in [5.41, 5.74) is 0.630. The van der Waals surface area contributed by atoms with Crippen molar-refractivity contribution in [2.24, 2.45) is 5.10 Å². The lowest BCUT2D eigenvalue weighted by molar-refractivity contribution is 0.529. The van der Waals surface area contributed by atoms with Crippen molar-refractivity contribution in [2.75, 3.05) is 0 Å². The van der Waals surface area contributed by atoms with Gasteiger partial charge in [-0.2, -0.15) is 19.4 Å². The summed E-state index contributed by atoms with van der Waals surface area (Å²) in [5, 5.41) is 16.4. The van der Waals surface area contributed by atoms with Gasteiger partial charge < -0.3 is 0 Å². The highest BCUT2D eigenvalue weighted by molar-refractivity contribution is 14.1. The van der Waals surface area contributed by atoms with E-state index in [1.165, 1.54) is 15.5 Å².